The van der Waals surface area contributed by atoms with Crippen molar-refractivity contribution >= 4 is 22.9 Å². The smallest absolute Gasteiger partial charge is 0.373 e. The highest BCUT2D eigenvalue weighted by atomic mass is 28.4. The topological polar surface area (TPSA) is 51.2 Å². The lowest BCUT2D eigenvalue weighted by molar-refractivity contribution is 0.0607. The van der Waals surface area contributed by atoms with Gasteiger partial charge in [-0.05, 0) is 20.8 Å². The van der Waals surface area contributed by atoms with Crippen LogP contribution in [0.4, 0.5) is 4.79 Å². The summed E-state index contributed by atoms with van der Waals surface area (Å²) in [5.74, 6) is 0. The van der Waals surface area contributed by atoms with Crippen LogP contribution in [0.2, 0.25) is 19.6 Å². The molecule has 0 aliphatic heterocycles. The van der Waals surface area contributed by atoms with Gasteiger partial charge in [-0.3, -0.25) is 0 Å². The van der Waals surface area contributed by atoms with Gasteiger partial charge in [-0.25, -0.2) is 4.79 Å². The fraction of sp³-hybridized carbons (Fsp3) is 0.929. The Labute approximate surface area is 138 Å². The second-order valence-corrected chi connectivity index (χ2v) is 14.5. The van der Waals surface area contributed by atoms with Crippen molar-refractivity contribution in [2.75, 3.05) is 46.3 Å². The molecule has 0 radical (unpaired) electrons. The molecule has 0 heterocycles. The summed E-state index contributed by atoms with van der Waals surface area (Å²) in [7, 11) is -0.544. The molecule has 8 heteroatoms. The molecule has 22 heavy (non-hydrogen) atoms. The number of amides is 2. The Morgan fingerprint density at radius 3 is 1.50 bits per heavy atom. The van der Waals surface area contributed by atoms with Gasteiger partial charge in [-0.2, -0.15) is 0 Å². The maximum atomic E-state index is 12.5. The first-order chi connectivity index (χ1) is 10.1. The molecule has 132 valence electrons. The molecular formula is C14H34N2O4Si2. The molecule has 0 bridgehead atoms. The Morgan fingerprint density at radius 1 is 0.818 bits per heavy atom. The van der Waals surface area contributed by atoms with Crippen molar-refractivity contribution in [3.8, 4) is 0 Å². The lowest BCUT2D eigenvalue weighted by Crippen LogP contribution is -2.58. The van der Waals surface area contributed by atoms with E-state index in [0.29, 0.717) is 26.0 Å². The van der Waals surface area contributed by atoms with Gasteiger partial charge in [-0.1, -0.05) is 19.6 Å². The van der Waals surface area contributed by atoms with Gasteiger partial charge in [0.05, 0.1) is 14.2 Å². The second kappa shape index (κ2) is 9.66. The standard InChI is InChI=1S/C14H34N2O4Si2/c1-9-18-22(19-10-2,20-11-3)13-16(5)14(17)15(4)12-21(6,7)8/h9-13H2,1-8H3. The zero-order chi connectivity index (χ0) is 17.4. The molecule has 0 atom stereocenters. The van der Waals surface area contributed by atoms with Crippen LogP contribution in [0, 0.1) is 0 Å². The zero-order valence-electron chi connectivity index (χ0n) is 15.6. The number of carbonyl (C=O) groups is 1. The average Bonchev–Trinajstić information content (AvgIpc) is 2.36. The molecule has 0 aliphatic carbocycles. The molecule has 0 aliphatic rings. The maximum absolute atomic E-state index is 12.5. The number of carbonyl (C=O) groups excluding carboxylic acids is 1. The number of hydrogen-bond donors (Lipinski definition) is 0. The molecule has 6 nitrogen and oxygen atoms in total. The van der Waals surface area contributed by atoms with Crippen LogP contribution in [-0.4, -0.2) is 79.0 Å². The Kier molecular flexibility index (Phi) is 9.48. The van der Waals surface area contributed by atoms with Gasteiger partial charge in [0.2, 0.25) is 0 Å². The van der Waals surface area contributed by atoms with Crippen LogP contribution < -0.4 is 0 Å². The van der Waals surface area contributed by atoms with Crippen molar-refractivity contribution in [2.24, 2.45) is 0 Å². The number of hydrogen-bond acceptors (Lipinski definition) is 4. The fourth-order valence-corrected chi connectivity index (χ4v) is 6.47. The summed E-state index contributed by atoms with van der Waals surface area (Å²) in [6.07, 6.45) is 1.19. The Hall–Kier alpha value is -0.416. The third kappa shape index (κ3) is 7.73. The zero-order valence-corrected chi connectivity index (χ0v) is 17.6. The molecule has 0 rings (SSSR count). The molecule has 0 fully saturated rings. The van der Waals surface area contributed by atoms with Crippen molar-refractivity contribution in [1.29, 1.82) is 0 Å². The van der Waals surface area contributed by atoms with Gasteiger partial charge in [-0.15, -0.1) is 0 Å². The summed E-state index contributed by atoms with van der Waals surface area (Å²) >= 11 is 0. The lowest BCUT2D eigenvalue weighted by Gasteiger charge is -2.34. The van der Waals surface area contributed by atoms with Crippen molar-refractivity contribution in [3.63, 3.8) is 0 Å². The molecule has 0 aromatic rings. The summed E-state index contributed by atoms with van der Waals surface area (Å²) in [5.41, 5.74) is 0. The number of urea groups is 1. The fourth-order valence-electron chi connectivity index (χ4n) is 2.35. The minimum absolute atomic E-state index is 0.0154. The third-order valence-corrected chi connectivity index (χ3v) is 7.36. The first kappa shape index (κ1) is 21.6. The predicted molar refractivity (Wildman–Crippen MR) is 94.6 cm³/mol. The Bertz CT molecular complexity index is 320. The lowest BCUT2D eigenvalue weighted by atomic mass is 10.7. The monoisotopic (exact) mass is 350 g/mol. The molecule has 0 spiro atoms. The normalized spacial score (nSPS) is 12.4. The highest BCUT2D eigenvalue weighted by Crippen LogP contribution is 2.13. The van der Waals surface area contributed by atoms with E-state index in [1.807, 2.05) is 27.8 Å². The van der Waals surface area contributed by atoms with Crippen LogP contribution in [0.15, 0.2) is 0 Å². The van der Waals surface area contributed by atoms with E-state index in [-0.39, 0.29) is 6.03 Å². The molecule has 0 aromatic heterocycles. The van der Waals surface area contributed by atoms with E-state index in [1.54, 1.807) is 16.8 Å². The van der Waals surface area contributed by atoms with Crippen LogP contribution in [0.25, 0.3) is 0 Å². The highest BCUT2D eigenvalue weighted by Gasteiger charge is 2.43. The van der Waals surface area contributed by atoms with Crippen molar-refractivity contribution in [2.45, 2.75) is 40.4 Å². The van der Waals surface area contributed by atoms with Gasteiger partial charge in [0, 0.05) is 40.1 Å². The van der Waals surface area contributed by atoms with Gasteiger partial charge in [0.25, 0.3) is 0 Å². The van der Waals surface area contributed by atoms with Crippen molar-refractivity contribution in [3.05, 3.63) is 0 Å². The summed E-state index contributed by atoms with van der Waals surface area (Å²) < 4.78 is 17.4. The first-order valence-electron chi connectivity index (χ1n) is 7.99. The quantitative estimate of drug-likeness (QED) is 0.568. The predicted octanol–water partition coefficient (Wildman–Crippen LogP) is 2.44. The average molecular weight is 351 g/mol. The second-order valence-electron chi connectivity index (χ2n) is 6.54. The summed E-state index contributed by atoms with van der Waals surface area (Å²) in [4.78, 5) is 16.0. The van der Waals surface area contributed by atoms with E-state index in [4.69, 9.17) is 13.3 Å². The summed E-state index contributed by atoms with van der Waals surface area (Å²) in [5, 5.41) is 0. The van der Waals surface area contributed by atoms with E-state index in [1.165, 1.54) is 0 Å². The van der Waals surface area contributed by atoms with Crippen LogP contribution in [0.3, 0.4) is 0 Å². The van der Waals surface area contributed by atoms with Crippen LogP contribution in [-0.2, 0) is 13.3 Å². The molecule has 0 unspecified atom stereocenters. The van der Waals surface area contributed by atoms with E-state index < -0.39 is 16.9 Å². The Morgan fingerprint density at radius 2 is 1.18 bits per heavy atom. The largest absolute Gasteiger partial charge is 0.521 e. The molecular weight excluding hydrogens is 316 g/mol. The summed E-state index contributed by atoms with van der Waals surface area (Å²) in [6.45, 7) is 14.0. The van der Waals surface area contributed by atoms with Crippen LogP contribution in [0.1, 0.15) is 20.8 Å². The van der Waals surface area contributed by atoms with E-state index in [0.717, 1.165) is 6.17 Å². The van der Waals surface area contributed by atoms with Gasteiger partial charge < -0.3 is 23.1 Å². The first-order valence-corrected chi connectivity index (χ1v) is 13.6. The van der Waals surface area contributed by atoms with Crippen LogP contribution >= 0.6 is 0 Å². The minimum Gasteiger partial charge on any atom is -0.373 e. The minimum atomic E-state index is -2.84. The SMILES string of the molecule is CCO[Si](CN(C)C(=O)N(C)C[Si](C)(C)C)(OCC)OCC. The summed E-state index contributed by atoms with van der Waals surface area (Å²) in [6, 6.07) is -0.0154. The Balaban J connectivity index is 4.92. The highest BCUT2D eigenvalue weighted by molar-refractivity contribution is 6.76. The van der Waals surface area contributed by atoms with Gasteiger partial charge >= 0.3 is 14.8 Å². The van der Waals surface area contributed by atoms with Gasteiger partial charge in [0.15, 0.2) is 0 Å². The maximum Gasteiger partial charge on any atom is 0.521 e. The molecule has 0 N–H and O–H groups in total. The van der Waals surface area contributed by atoms with Gasteiger partial charge in [0.1, 0.15) is 0 Å². The van der Waals surface area contributed by atoms with E-state index in [2.05, 4.69) is 19.6 Å². The van der Waals surface area contributed by atoms with Crippen LogP contribution in [0.5, 0.6) is 0 Å². The van der Waals surface area contributed by atoms with Crippen molar-refractivity contribution < 1.29 is 18.1 Å². The van der Waals surface area contributed by atoms with E-state index >= 15 is 0 Å². The number of nitrogens with zero attached hydrogens (tertiary/aromatic N) is 2. The molecule has 0 saturated heterocycles. The van der Waals surface area contributed by atoms with Crippen molar-refractivity contribution in [1.82, 2.24) is 9.80 Å². The molecule has 0 saturated carbocycles. The molecule has 2 amide bonds. The number of rotatable bonds is 10. The molecule has 0 aromatic carbocycles. The van der Waals surface area contributed by atoms with E-state index in [9.17, 15) is 4.79 Å². The third-order valence-electron chi connectivity index (χ3n) is 2.89.